The molecule has 1 aromatic heterocycles. The summed E-state index contributed by atoms with van der Waals surface area (Å²) in [6, 6.07) is 5.38. The Bertz CT molecular complexity index is 971. The number of hydrogen-bond donors (Lipinski definition) is 1. The van der Waals surface area contributed by atoms with Crippen LogP contribution in [0.15, 0.2) is 24.3 Å². The van der Waals surface area contributed by atoms with Gasteiger partial charge in [0.25, 0.3) is 0 Å². The molecule has 1 saturated heterocycles. The smallest absolute Gasteiger partial charge is 0.321 e. The third-order valence-corrected chi connectivity index (χ3v) is 6.64. The molecule has 1 unspecified atom stereocenters. The number of nitrogens with one attached hydrogen (secondary N) is 1. The molecular formula is C18H23FN4O3S. The lowest BCUT2D eigenvalue weighted by atomic mass is 10.2. The highest BCUT2D eigenvalue weighted by Gasteiger charge is 2.31. The zero-order chi connectivity index (χ0) is 19.8. The van der Waals surface area contributed by atoms with Gasteiger partial charge in [-0.3, -0.25) is 4.68 Å². The molecule has 27 heavy (non-hydrogen) atoms. The third-order valence-electron chi connectivity index (χ3n) is 4.89. The number of rotatable bonds is 4. The summed E-state index contributed by atoms with van der Waals surface area (Å²) in [5.74, 6) is -0.226. The maximum atomic E-state index is 13.7. The molecule has 2 amide bonds. The molecule has 0 radical (unpaired) electrons. The van der Waals surface area contributed by atoms with Crippen LogP contribution in [0, 0.1) is 19.7 Å². The summed E-state index contributed by atoms with van der Waals surface area (Å²) < 4.78 is 39.0. The summed E-state index contributed by atoms with van der Waals surface area (Å²) in [6.07, 6.45) is 0.549. The summed E-state index contributed by atoms with van der Waals surface area (Å²) in [4.78, 5) is 13.8. The highest BCUT2D eigenvalue weighted by molar-refractivity contribution is 7.91. The van der Waals surface area contributed by atoms with E-state index in [0.29, 0.717) is 6.42 Å². The van der Waals surface area contributed by atoms with Gasteiger partial charge in [-0.2, -0.15) is 5.10 Å². The van der Waals surface area contributed by atoms with Gasteiger partial charge in [0.15, 0.2) is 9.84 Å². The van der Waals surface area contributed by atoms with Gasteiger partial charge in [0.1, 0.15) is 5.82 Å². The van der Waals surface area contributed by atoms with Crippen LogP contribution < -0.4 is 5.32 Å². The quantitative estimate of drug-likeness (QED) is 0.864. The molecule has 0 saturated carbocycles. The number of aromatic nitrogens is 2. The first-order valence-electron chi connectivity index (χ1n) is 8.69. The topological polar surface area (TPSA) is 84.3 Å². The summed E-state index contributed by atoms with van der Waals surface area (Å²) in [5, 5.41) is 7.05. The van der Waals surface area contributed by atoms with Gasteiger partial charge >= 0.3 is 6.03 Å². The van der Waals surface area contributed by atoms with E-state index in [1.807, 2.05) is 13.8 Å². The molecular weight excluding hydrogens is 371 g/mol. The van der Waals surface area contributed by atoms with Crippen LogP contribution in [0.4, 0.5) is 14.9 Å². The van der Waals surface area contributed by atoms with Crippen molar-refractivity contribution in [1.82, 2.24) is 14.7 Å². The Hall–Kier alpha value is -2.42. The Morgan fingerprint density at radius 1 is 1.37 bits per heavy atom. The fraction of sp³-hybridized carbons (Fsp3) is 0.444. The molecule has 1 aliphatic heterocycles. The minimum absolute atomic E-state index is 0.0952. The molecule has 1 atom stereocenters. The number of carbonyl (C=O) groups excluding carboxylic acids is 1. The largest absolute Gasteiger partial charge is 0.323 e. The molecule has 7 nitrogen and oxygen atoms in total. The number of carbonyl (C=O) groups is 1. The average molecular weight is 394 g/mol. The van der Waals surface area contributed by atoms with E-state index in [4.69, 9.17) is 0 Å². The second-order valence-corrected chi connectivity index (χ2v) is 9.15. The van der Waals surface area contributed by atoms with Crippen LogP contribution in [0.3, 0.4) is 0 Å². The van der Waals surface area contributed by atoms with Crippen LogP contribution in [0.25, 0.3) is 0 Å². The second-order valence-electron chi connectivity index (χ2n) is 6.92. The molecule has 9 heteroatoms. The molecule has 1 aromatic carbocycles. The van der Waals surface area contributed by atoms with Crippen LogP contribution in [-0.2, 0) is 16.4 Å². The number of urea groups is 1. The molecule has 0 spiro atoms. The van der Waals surface area contributed by atoms with E-state index in [9.17, 15) is 17.6 Å². The highest BCUT2D eigenvalue weighted by Crippen LogP contribution is 2.27. The van der Waals surface area contributed by atoms with Crippen molar-refractivity contribution >= 4 is 21.6 Å². The number of anilines is 1. The van der Waals surface area contributed by atoms with Crippen molar-refractivity contribution in [3.8, 4) is 0 Å². The lowest BCUT2D eigenvalue weighted by Gasteiger charge is -2.19. The zero-order valence-corrected chi connectivity index (χ0v) is 16.4. The summed E-state index contributed by atoms with van der Waals surface area (Å²) >= 11 is 0. The van der Waals surface area contributed by atoms with Crippen LogP contribution in [0.2, 0.25) is 0 Å². The summed E-state index contributed by atoms with van der Waals surface area (Å²) in [6.45, 7) is 4.01. The number of nitrogens with zero attached hydrogens (tertiary/aromatic N) is 3. The molecule has 1 N–H and O–H groups in total. The second kappa shape index (κ2) is 7.30. The van der Waals surface area contributed by atoms with Crippen LogP contribution in [0.1, 0.15) is 29.4 Å². The Morgan fingerprint density at radius 2 is 2.07 bits per heavy atom. The summed E-state index contributed by atoms with van der Waals surface area (Å²) in [5.41, 5.74) is 2.59. The maximum absolute atomic E-state index is 13.7. The van der Waals surface area contributed by atoms with Crippen molar-refractivity contribution in [1.29, 1.82) is 0 Å². The first kappa shape index (κ1) is 19.3. The number of amides is 2. The van der Waals surface area contributed by atoms with Gasteiger partial charge in [0.05, 0.1) is 35.5 Å². The van der Waals surface area contributed by atoms with Crippen molar-refractivity contribution in [3.05, 3.63) is 47.0 Å². The van der Waals surface area contributed by atoms with Gasteiger partial charge in [-0.1, -0.05) is 12.1 Å². The Kier molecular flexibility index (Phi) is 5.23. The minimum atomic E-state index is -3.01. The van der Waals surface area contributed by atoms with Crippen LogP contribution in [0.5, 0.6) is 0 Å². The van der Waals surface area contributed by atoms with E-state index >= 15 is 0 Å². The fourth-order valence-corrected chi connectivity index (χ4v) is 5.02. The SMILES string of the molecule is Cc1nn(C2CCS(=O)(=O)C2)c(C)c1CN(C)C(=O)Nc1ccccc1F. The molecule has 1 aliphatic rings. The van der Waals surface area contributed by atoms with Gasteiger partial charge in [-0.05, 0) is 32.4 Å². The first-order valence-corrected chi connectivity index (χ1v) is 10.5. The Balaban J connectivity index is 1.73. The number of sulfone groups is 1. The lowest BCUT2D eigenvalue weighted by Crippen LogP contribution is -2.31. The monoisotopic (exact) mass is 394 g/mol. The normalized spacial score (nSPS) is 18.4. The van der Waals surface area contributed by atoms with Gasteiger partial charge in [-0.25, -0.2) is 17.6 Å². The van der Waals surface area contributed by atoms with E-state index in [0.717, 1.165) is 17.0 Å². The molecule has 0 aliphatic carbocycles. The number of benzene rings is 1. The number of halogens is 1. The maximum Gasteiger partial charge on any atom is 0.321 e. The standard InChI is InChI=1S/C18H23FN4O3S/c1-12-15(13(2)23(21-12)14-8-9-27(25,26)11-14)10-22(3)18(24)20-17-7-5-4-6-16(17)19/h4-7,14H,8-11H2,1-3H3,(H,20,24). The molecule has 3 rings (SSSR count). The van der Waals surface area contributed by atoms with Gasteiger partial charge in [0.2, 0.25) is 0 Å². The molecule has 2 heterocycles. The van der Waals surface area contributed by atoms with Crippen molar-refractivity contribution in [2.24, 2.45) is 0 Å². The van der Waals surface area contributed by atoms with Crippen molar-refractivity contribution in [3.63, 3.8) is 0 Å². The zero-order valence-electron chi connectivity index (χ0n) is 15.6. The predicted octanol–water partition coefficient (Wildman–Crippen LogP) is 2.66. The lowest BCUT2D eigenvalue weighted by molar-refractivity contribution is 0.220. The highest BCUT2D eigenvalue weighted by atomic mass is 32.2. The van der Waals surface area contributed by atoms with E-state index < -0.39 is 21.7 Å². The summed E-state index contributed by atoms with van der Waals surface area (Å²) in [7, 11) is -1.39. The van der Waals surface area contributed by atoms with Crippen LogP contribution in [-0.4, -0.2) is 47.7 Å². The molecule has 2 aromatic rings. The average Bonchev–Trinajstić information content (AvgIpc) is 3.10. The minimum Gasteiger partial charge on any atom is -0.323 e. The van der Waals surface area contributed by atoms with Gasteiger partial charge in [-0.15, -0.1) is 0 Å². The van der Waals surface area contributed by atoms with Gasteiger partial charge < -0.3 is 10.2 Å². The first-order chi connectivity index (χ1) is 12.7. The van der Waals surface area contributed by atoms with Crippen LogP contribution >= 0.6 is 0 Å². The van der Waals surface area contributed by atoms with Crippen molar-refractivity contribution < 1.29 is 17.6 Å². The molecule has 0 bridgehead atoms. The molecule has 146 valence electrons. The number of hydrogen-bond acceptors (Lipinski definition) is 4. The predicted molar refractivity (Wildman–Crippen MR) is 101 cm³/mol. The van der Waals surface area contributed by atoms with Crippen molar-refractivity contribution in [2.45, 2.75) is 32.9 Å². The Morgan fingerprint density at radius 3 is 2.70 bits per heavy atom. The van der Waals surface area contributed by atoms with E-state index in [1.54, 1.807) is 23.9 Å². The number of aryl methyl sites for hydroxylation is 1. The van der Waals surface area contributed by atoms with E-state index in [1.165, 1.54) is 17.0 Å². The molecule has 1 fully saturated rings. The van der Waals surface area contributed by atoms with E-state index in [2.05, 4.69) is 10.4 Å². The number of para-hydroxylation sites is 1. The van der Waals surface area contributed by atoms with Crippen molar-refractivity contribution in [2.75, 3.05) is 23.9 Å². The Labute approximate surface area is 158 Å². The third kappa shape index (κ3) is 4.13. The van der Waals surface area contributed by atoms with E-state index in [-0.39, 0.29) is 29.8 Å². The fourth-order valence-electron chi connectivity index (χ4n) is 3.33. The van der Waals surface area contributed by atoms with Gasteiger partial charge in [0, 0.05) is 18.3 Å².